The normalized spacial score (nSPS) is 13.9. The summed E-state index contributed by atoms with van der Waals surface area (Å²) in [6.45, 7) is 22.5. The van der Waals surface area contributed by atoms with Gasteiger partial charge in [0.25, 0.3) is 0 Å². The third-order valence-electron chi connectivity index (χ3n) is 7.34. The second-order valence-electron chi connectivity index (χ2n) is 13.6. The minimum atomic E-state index is -0.536. The first kappa shape index (κ1) is 40.3. The number of ether oxygens (including phenoxy) is 2. The summed E-state index contributed by atoms with van der Waals surface area (Å²) in [6.07, 6.45) is 4.00. The van der Waals surface area contributed by atoms with Gasteiger partial charge in [-0.25, -0.2) is 9.59 Å². The molecule has 1 unspecified atom stereocenters. The molecule has 2 amide bonds. The Kier molecular flexibility index (Phi) is 20.2. The summed E-state index contributed by atoms with van der Waals surface area (Å²) in [5.41, 5.74) is 16.8. The first-order valence-electron chi connectivity index (χ1n) is 16.0. The molecule has 0 saturated carbocycles. The van der Waals surface area contributed by atoms with Gasteiger partial charge in [-0.15, -0.1) is 0 Å². The summed E-state index contributed by atoms with van der Waals surface area (Å²) in [5.74, 6) is 0. The van der Waals surface area contributed by atoms with Crippen LogP contribution in [0.25, 0.3) is 0 Å². The zero-order valence-electron chi connectivity index (χ0n) is 28.2. The summed E-state index contributed by atoms with van der Waals surface area (Å²) < 4.78 is 12.7. The molecule has 1 atom stereocenters. The van der Waals surface area contributed by atoms with Crippen LogP contribution in [0.5, 0.6) is 0 Å². The van der Waals surface area contributed by atoms with Gasteiger partial charge in [0.05, 0.1) is 65.4 Å². The lowest BCUT2D eigenvalue weighted by Gasteiger charge is -2.42. The van der Waals surface area contributed by atoms with Crippen molar-refractivity contribution in [3.05, 3.63) is 0 Å². The van der Waals surface area contributed by atoms with Gasteiger partial charge >= 0.3 is 12.2 Å². The lowest BCUT2D eigenvalue weighted by Crippen LogP contribution is -2.58. The smallest absolute Gasteiger partial charge is 0.407 e. The monoisotopic (exact) mass is 605 g/mol. The number of nitrogens with two attached hydrogens (primary N) is 3. The van der Waals surface area contributed by atoms with Gasteiger partial charge in [-0.1, -0.05) is 0 Å². The number of quaternary nitrogens is 2. The van der Waals surface area contributed by atoms with E-state index >= 15 is 0 Å². The Hall–Kier alpha value is -1.70. The van der Waals surface area contributed by atoms with E-state index in [1.54, 1.807) is 0 Å². The van der Waals surface area contributed by atoms with Crippen LogP contribution in [0.4, 0.5) is 9.59 Å². The maximum Gasteiger partial charge on any atom is 0.407 e. The van der Waals surface area contributed by atoms with Crippen molar-refractivity contribution in [1.29, 1.82) is 0 Å². The predicted molar refractivity (Wildman–Crippen MR) is 172 cm³/mol. The first-order chi connectivity index (χ1) is 19.7. The average molecular weight is 605 g/mol. The van der Waals surface area contributed by atoms with Crippen molar-refractivity contribution in [2.45, 2.75) is 84.8 Å². The minimum Gasteiger partial charge on any atom is -0.444 e. The van der Waals surface area contributed by atoms with Crippen LogP contribution >= 0.6 is 0 Å². The van der Waals surface area contributed by atoms with Crippen molar-refractivity contribution in [3.8, 4) is 0 Å². The summed E-state index contributed by atoms with van der Waals surface area (Å²) in [7, 11) is 1.98. The van der Waals surface area contributed by atoms with Crippen LogP contribution in [-0.4, -0.2) is 131 Å². The SMILES string of the molecule is CNCCC[N+](CCCN)(CCC[N+](CCCN)(CCCN)CCNC(=O)OC(C)(C)C)CCNC(=O)OC(C)(C)C. The molecule has 0 aliphatic heterocycles. The van der Waals surface area contributed by atoms with Gasteiger partial charge in [0.1, 0.15) is 11.2 Å². The van der Waals surface area contributed by atoms with Gasteiger partial charge in [-0.3, -0.25) is 0 Å². The molecule has 42 heavy (non-hydrogen) atoms. The number of amides is 2. The van der Waals surface area contributed by atoms with Crippen LogP contribution in [0.15, 0.2) is 0 Å². The molecule has 0 saturated heterocycles. The van der Waals surface area contributed by atoms with Crippen molar-refractivity contribution >= 4 is 12.2 Å². The maximum atomic E-state index is 12.4. The van der Waals surface area contributed by atoms with E-state index in [1.165, 1.54) is 0 Å². The fraction of sp³-hybridized carbons (Fsp3) is 0.933. The van der Waals surface area contributed by atoms with E-state index < -0.39 is 17.3 Å². The molecule has 0 radical (unpaired) electrons. The van der Waals surface area contributed by atoms with Crippen molar-refractivity contribution < 1.29 is 28.0 Å². The maximum absolute atomic E-state index is 12.4. The quantitative estimate of drug-likeness (QED) is 0.0757. The number of rotatable bonds is 23. The summed E-state index contributed by atoms with van der Waals surface area (Å²) >= 11 is 0. The number of carbonyl (C=O) groups is 2. The Morgan fingerprint density at radius 2 is 0.881 bits per heavy atom. The molecule has 0 aliphatic carbocycles. The molecular weight excluding hydrogens is 536 g/mol. The highest BCUT2D eigenvalue weighted by Gasteiger charge is 2.31. The molecule has 0 aliphatic rings. The van der Waals surface area contributed by atoms with E-state index in [2.05, 4.69) is 16.0 Å². The second-order valence-corrected chi connectivity index (χ2v) is 13.6. The van der Waals surface area contributed by atoms with E-state index in [9.17, 15) is 9.59 Å². The van der Waals surface area contributed by atoms with Gasteiger partial charge in [0, 0.05) is 38.6 Å². The van der Waals surface area contributed by atoms with E-state index in [4.69, 9.17) is 26.7 Å². The molecule has 0 heterocycles. The zero-order valence-corrected chi connectivity index (χ0v) is 28.2. The molecule has 0 aromatic heterocycles. The lowest BCUT2D eigenvalue weighted by atomic mass is 10.1. The molecule has 0 fully saturated rings. The molecule has 12 heteroatoms. The van der Waals surface area contributed by atoms with E-state index in [-0.39, 0.29) is 6.09 Å². The van der Waals surface area contributed by atoms with Gasteiger partial charge in [-0.2, -0.15) is 0 Å². The van der Waals surface area contributed by atoms with Gasteiger partial charge in [0.15, 0.2) is 0 Å². The molecule has 250 valence electrons. The fourth-order valence-corrected chi connectivity index (χ4v) is 5.37. The molecule has 0 aromatic rings. The van der Waals surface area contributed by atoms with E-state index in [0.717, 1.165) is 100.0 Å². The lowest BCUT2D eigenvalue weighted by molar-refractivity contribution is -0.945. The Bertz CT molecular complexity index is 719. The first-order valence-corrected chi connectivity index (χ1v) is 16.0. The number of carbonyl (C=O) groups excluding carboxylic acids is 2. The fourth-order valence-electron chi connectivity index (χ4n) is 5.37. The number of nitrogens with one attached hydrogen (secondary N) is 3. The third kappa shape index (κ3) is 20.2. The van der Waals surface area contributed by atoms with Gasteiger partial charge < -0.3 is 51.6 Å². The van der Waals surface area contributed by atoms with E-state index in [1.807, 2.05) is 48.6 Å². The Balaban J connectivity index is 5.69. The zero-order chi connectivity index (χ0) is 32.1. The highest BCUT2D eigenvalue weighted by atomic mass is 16.6. The second kappa shape index (κ2) is 21.1. The summed E-state index contributed by atoms with van der Waals surface area (Å²) in [6, 6.07) is 0. The number of hydrogen-bond acceptors (Lipinski definition) is 8. The van der Waals surface area contributed by atoms with Crippen molar-refractivity contribution in [1.82, 2.24) is 16.0 Å². The van der Waals surface area contributed by atoms with Crippen molar-refractivity contribution in [3.63, 3.8) is 0 Å². The van der Waals surface area contributed by atoms with Crippen molar-refractivity contribution in [2.75, 3.05) is 98.7 Å². The van der Waals surface area contributed by atoms with Crippen LogP contribution in [0.2, 0.25) is 0 Å². The number of nitrogens with zero attached hydrogens (tertiary/aromatic N) is 2. The van der Waals surface area contributed by atoms with Crippen LogP contribution in [0.3, 0.4) is 0 Å². The van der Waals surface area contributed by atoms with E-state index in [0.29, 0.717) is 32.7 Å². The topological polar surface area (TPSA) is 167 Å². The highest BCUT2D eigenvalue weighted by molar-refractivity contribution is 5.67. The molecule has 12 nitrogen and oxygen atoms in total. The Morgan fingerprint density at radius 1 is 0.548 bits per heavy atom. The Morgan fingerprint density at radius 3 is 1.19 bits per heavy atom. The third-order valence-corrected chi connectivity index (χ3v) is 7.34. The Labute approximate surface area is 256 Å². The molecule has 0 bridgehead atoms. The minimum absolute atomic E-state index is 0.383. The molecule has 0 aromatic carbocycles. The largest absolute Gasteiger partial charge is 0.444 e. The average Bonchev–Trinajstić information content (AvgIpc) is 2.87. The highest BCUT2D eigenvalue weighted by Crippen LogP contribution is 2.17. The molecule has 0 rings (SSSR count). The standard InChI is InChI=1S/C30H66N8O4/c1-29(2,3)41-27(39)35-17-25-37(19-8-13-31,20-9-14-32)23-12-24-38(21-10-15-33,22-11-16-34-7)26-18-36-28(40)42-30(4,5)6/h34H,8-26,31-33H2,1-7H3/p+2. The number of hydrogen-bond donors (Lipinski definition) is 6. The number of alkyl carbamates (subject to hydrolysis) is 2. The van der Waals surface area contributed by atoms with Crippen LogP contribution in [0.1, 0.15) is 73.6 Å². The summed E-state index contributed by atoms with van der Waals surface area (Å²) in [4.78, 5) is 24.7. The van der Waals surface area contributed by atoms with Gasteiger partial charge in [0.2, 0.25) is 0 Å². The molecule has 9 N–H and O–H groups in total. The van der Waals surface area contributed by atoms with Crippen LogP contribution in [0, 0.1) is 0 Å². The van der Waals surface area contributed by atoms with Crippen molar-refractivity contribution in [2.24, 2.45) is 17.2 Å². The predicted octanol–water partition coefficient (Wildman–Crippen LogP) is 1.72. The summed E-state index contributed by atoms with van der Waals surface area (Å²) in [5, 5.41) is 9.20. The van der Waals surface area contributed by atoms with Crippen LogP contribution < -0.4 is 33.2 Å². The van der Waals surface area contributed by atoms with Crippen LogP contribution in [-0.2, 0) is 9.47 Å². The van der Waals surface area contributed by atoms with Gasteiger partial charge in [-0.05, 0) is 68.2 Å². The molecule has 0 spiro atoms. The molecular formula is C30H68N8O4+2.